The number of anilines is 1. The van der Waals surface area contributed by atoms with Crippen LogP contribution in [0, 0.1) is 11.2 Å². The van der Waals surface area contributed by atoms with E-state index in [0.29, 0.717) is 18.0 Å². The van der Waals surface area contributed by atoms with Gasteiger partial charge in [0.25, 0.3) is 0 Å². The summed E-state index contributed by atoms with van der Waals surface area (Å²) < 4.78 is 52.0. The van der Waals surface area contributed by atoms with Gasteiger partial charge in [-0.3, -0.25) is 9.78 Å². The maximum Gasteiger partial charge on any atom is 0.242 e. The minimum absolute atomic E-state index is 0.103. The van der Waals surface area contributed by atoms with E-state index in [1.165, 1.54) is 30.2 Å². The highest BCUT2D eigenvalue weighted by molar-refractivity contribution is 5.56. The van der Waals surface area contributed by atoms with Crippen molar-refractivity contribution in [3.63, 3.8) is 0 Å². The maximum absolute atomic E-state index is 13.7. The number of halogens is 3. The summed E-state index contributed by atoms with van der Waals surface area (Å²) in [5.41, 5.74) is 2.54. The lowest BCUT2D eigenvalue weighted by molar-refractivity contribution is -0.109. The Balaban J connectivity index is 0.000000559. The zero-order valence-corrected chi connectivity index (χ0v) is 24.5. The number of hydrogen-bond acceptors (Lipinski definition) is 8. The van der Waals surface area contributed by atoms with Crippen LogP contribution in [0.5, 0.6) is 17.2 Å². The highest BCUT2D eigenvalue weighted by Crippen LogP contribution is 2.52. The normalized spacial score (nSPS) is 18.7. The maximum atomic E-state index is 13.7. The highest BCUT2D eigenvalue weighted by Gasteiger charge is 2.54. The van der Waals surface area contributed by atoms with Crippen LogP contribution in [0.2, 0.25) is 0 Å². The van der Waals surface area contributed by atoms with Crippen LogP contribution in [0.25, 0.3) is 0 Å². The van der Waals surface area contributed by atoms with E-state index in [2.05, 4.69) is 37.4 Å². The fourth-order valence-electron chi connectivity index (χ4n) is 5.96. The molecule has 3 aliphatic rings. The van der Waals surface area contributed by atoms with Gasteiger partial charge in [-0.1, -0.05) is 0 Å². The Morgan fingerprint density at radius 3 is 2.65 bits per heavy atom. The van der Waals surface area contributed by atoms with E-state index < -0.39 is 18.7 Å². The van der Waals surface area contributed by atoms with Gasteiger partial charge >= 0.3 is 0 Å². The molecule has 1 saturated carbocycles. The van der Waals surface area contributed by atoms with Crippen LogP contribution >= 0.6 is 0 Å². The summed E-state index contributed by atoms with van der Waals surface area (Å²) in [6.45, 7) is 8.47. The molecule has 1 unspecified atom stereocenters. The lowest BCUT2D eigenvalue weighted by Crippen LogP contribution is -2.65. The van der Waals surface area contributed by atoms with Gasteiger partial charge in [0.2, 0.25) is 12.8 Å². The van der Waals surface area contributed by atoms with E-state index in [1.807, 2.05) is 26.1 Å². The number of aromatic nitrogens is 3. The average Bonchev–Trinajstić information content (AvgIpc) is 2.91. The quantitative estimate of drug-likeness (QED) is 0.332. The molecule has 3 aromatic rings. The van der Waals surface area contributed by atoms with Crippen molar-refractivity contribution in [2.75, 3.05) is 24.5 Å². The van der Waals surface area contributed by atoms with E-state index in [-0.39, 0.29) is 34.9 Å². The second-order valence-electron chi connectivity index (χ2n) is 11.7. The Kier molecular flexibility index (Phi) is 9.34. The van der Waals surface area contributed by atoms with Crippen LogP contribution in [0.1, 0.15) is 56.5 Å². The molecule has 1 spiro atoms. The number of alkyl halides is 2. The molecule has 2 fully saturated rings. The standard InChI is InChI=1S/C27H28F3N5O2.C4H9NO/c1-16-25-20(4-6-32-16)33-7-5-22(25)36-19-10-27(11-19)13-35(14-27)26-23(12-31-15-34-26)37-21-3-2-18(28)8-17(21)9-24(29)30;1-4(2)5-3-6/h2-3,5,7-8,12,15-16,19,24,32H,4,6,9-11,13-14H2,1H3;3-4H,1-2H3,(H,5,6). The summed E-state index contributed by atoms with van der Waals surface area (Å²) in [5.74, 6) is 1.47. The molecule has 1 atom stereocenters. The molecule has 1 amide bonds. The summed E-state index contributed by atoms with van der Waals surface area (Å²) >= 11 is 0. The summed E-state index contributed by atoms with van der Waals surface area (Å²) in [5, 5.41) is 6.01. The molecule has 6 rings (SSSR count). The number of nitrogens with one attached hydrogen (secondary N) is 2. The minimum Gasteiger partial charge on any atom is -0.490 e. The molecule has 1 saturated heterocycles. The van der Waals surface area contributed by atoms with Crippen molar-refractivity contribution >= 4 is 12.2 Å². The lowest BCUT2D eigenvalue weighted by Gasteiger charge is -2.59. The topological polar surface area (TPSA) is 102 Å². The Morgan fingerprint density at radius 2 is 1.95 bits per heavy atom. The Labute approximate surface area is 249 Å². The Morgan fingerprint density at radius 1 is 1.16 bits per heavy atom. The Hall–Kier alpha value is -3.93. The van der Waals surface area contributed by atoms with Crippen LogP contribution < -0.4 is 25.0 Å². The molecular formula is C31H37F3N6O3. The van der Waals surface area contributed by atoms with Crippen molar-refractivity contribution in [3.8, 4) is 17.2 Å². The summed E-state index contributed by atoms with van der Waals surface area (Å²) in [4.78, 5) is 24.6. The molecule has 2 aromatic heterocycles. The zero-order chi connectivity index (χ0) is 30.6. The van der Waals surface area contributed by atoms with Crippen molar-refractivity contribution in [3.05, 3.63) is 65.6 Å². The van der Waals surface area contributed by atoms with Crippen molar-refractivity contribution in [1.29, 1.82) is 0 Å². The molecule has 4 heterocycles. The zero-order valence-electron chi connectivity index (χ0n) is 24.5. The molecule has 9 nitrogen and oxygen atoms in total. The van der Waals surface area contributed by atoms with Crippen molar-refractivity contribution in [2.24, 2.45) is 5.41 Å². The summed E-state index contributed by atoms with van der Waals surface area (Å²) in [7, 11) is 0. The summed E-state index contributed by atoms with van der Waals surface area (Å²) in [6, 6.07) is 6.10. The van der Waals surface area contributed by atoms with Gasteiger partial charge in [0.1, 0.15) is 29.7 Å². The average molecular weight is 599 g/mol. The van der Waals surface area contributed by atoms with Crippen LogP contribution in [-0.2, 0) is 17.6 Å². The van der Waals surface area contributed by atoms with Gasteiger partial charge in [-0.15, -0.1) is 0 Å². The molecule has 12 heteroatoms. The van der Waals surface area contributed by atoms with E-state index in [9.17, 15) is 18.0 Å². The molecular weight excluding hydrogens is 561 g/mol. The number of fused-ring (bicyclic) bond motifs is 1. The third kappa shape index (κ3) is 7.18. The first-order chi connectivity index (χ1) is 20.7. The molecule has 1 aliphatic carbocycles. The first-order valence-corrected chi connectivity index (χ1v) is 14.5. The number of ether oxygens (including phenoxy) is 2. The first-order valence-electron chi connectivity index (χ1n) is 14.5. The first kappa shape index (κ1) is 30.5. The van der Waals surface area contributed by atoms with Crippen LogP contribution in [0.4, 0.5) is 19.0 Å². The van der Waals surface area contributed by atoms with E-state index in [0.717, 1.165) is 56.4 Å². The molecule has 2 aliphatic heterocycles. The number of carbonyl (C=O) groups excluding carboxylic acids is 1. The van der Waals surface area contributed by atoms with Gasteiger partial charge in [-0.2, -0.15) is 0 Å². The fraction of sp³-hybridized carbons (Fsp3) is 0.484. The van der Waals surface area contributed by atoms with E-state index in [1.54, 1.807) is 0 Å². The van der Waals surface area contributed by atoms with Gasteiger partial charge in [0.15, 0.2) is 11.6 Å². The van der Waals surface area contributed by atoms with Gasteiger partial charge in [0, 0.05) is 67.3 Å². The highest BCUT2D eigenvalue weighted by atomic mass is 19.3. The number of amides is 1. The van der Waals surface area contributed by atoms with Gasteiger partial charge in [-0.25, -0.2) is 23.1 Å². The molecule has 0 radical (unpaired) electrons. The number of nitrogens with zero attached hydrogens (tertiary/aromatic N) is 4. The minimum atomic E-state index is -2.61. The smallest absolute Gasteiger partial charge is 0.242 e. The van der Waals surface area contributed by atoms with Crippen molar-refractivity contribution in [2.45, 2.75) is 71.1 Å². The number of hydrogen-bond donors (Lipinski definition) is 2. The van der Waals surface area contributed by atoms with Crippen molar-refractivity contribution in [1.82, 2.24) is 25.6 Å². The van der Waals surface area contributed by atoms with Gasteiger partial charge < -0.3 is 25.0 Å². The van der Waals surface area contributed by atoms with Crippen LogP contribution in [0.15, 0.2) is 43.0 Å². The van der Waals surface area contributed by atoms with Gasteiger partial charge in [-0.05, 0) is 57.9 Å². The second kappa shape index (κ2) is 13.2. The number of benzene rings is 1. The predicted octanol–water partition coefficient (Wildman–Crippen LogP) is 5.01. The fourth-order valence-corrected chi connectivity index (χ4v) is 5.96. The van der Waals surface area contributed by atoms with E-state index >= 15 is 0 Å². The number of carbonyl (C=O) groups is 1. The lowest BCUT2D eigenvalue weighted by atomic mass is 9.61. The van der Waals surface area contributed by atoms with Gasteiger partial charge in [0.05, 0.1) is 11.9 Å². The van der Waals surface area contributed by atoms with Crippen molar-refractivity contribution < 1.29 is 27.4 Å². The third-order valence-electron chi connectivity index (χ3n) is 7.92. The summed E-state index contributed by atoms with van der Waals surface area (Å²) in [6.07, 6.45) is 5.22. The molecule has 43 heavy (non-hydrogen) atoms. The molecule has 0 bridgehead atoms. The largest absolute Gasteiger partial charge is 0.490 e. The van der Waals surface area contributed by atoms with Crippen LogP contribution in [0.3, 0.4) is 0 Å². The second-order valence-corrected chi connectivity index (χ2v) is 11.7. The molecule has 230 valence electrons. The monoisotopic (exact) mass is 598 g/mol. The number of rotatable bonds is 9. The SMILES string of the molecule is CC(C)NC=O.CC1NCCc2nccc(OC3CC4(C3)CN(c3ncncc3Oc3ccc(F)cc3CC(F)F)C4)c21. The Bertz CT molecular complexity index is 1410. The molecule has 2 N–H and O–H groups in total. The van der Waals surface area contributed by atoms with E-state index in [4.69, 9.17) is 9.47 Å². The predicted molar refractivity (Wildman–Crippen MR) is 155 cm³/mol. The third-order valence-corrected chi connectivity index (χ3v) is 7.92. The number of pyridine rings is 1. The molecule has 1 aromatic carbocycles. The van der Waals surface area contributed by atoms with Crippen LogP contribution in [-0.4, -0.2) is 59.6 Å².